The van der Waals surface area contributed by atoms with Crippen molar-refractivity contribution in [3.05, 3.63) is 28.8 Å². The summed E-state index contributed by atoms with van der Waals surface area (Å²) in [7, 11) is 0. The van der Waals surface area contributed by atoms with E-state index in [1.165, 1.54) is 0 Å². The number of pyridine rings is 1. The lowest BCUT2D eigenvalue weighted by Gasteiger charge is -1.88. The van der Waals surface area contributed by atoms with E-state index in [9.17, 15) is 0 Å². The average Bonchev–Trinajstić information content (AvgIpc) is 2.55. The molecule has 0 aliphatic heterocycles. The van der Waals surface area contributed by atoms with Gasteiger partial charge in [-0.05, 0) is 18.6 Å². The van der Waals surface area contributed by atoms with E-state index in [0.29, 0.717) is 0 Å². The predicted molar refractivity (Wildman–Crippen MR) is 53.7 cm³/mol. The normalized spacial score (nSPS) is 10.2. The molecule has 0 aromatic carbocycles. The topological polar surface area (TPSA) is 36.7 Å². The Bertz CT molecular complexity index is 479. The first-order chi connectivity index (χ1) is 6.36. The highest BCUT2D eigenvalue weighted by Crippen LogP contribution is 2.29. The van der Waals surface area contributed by atoms with Gasteiger partial charge in [0.15, 0.2) is 0 Å². The van der Waals surface area contributed by atoms with Gasteiger partial charge >= 0.3 is 0 Å². The average molecular weight is 188 g/mol. The molecule has 0 saturated carbocycles. The number of thiophene rings is 1. The van der Waals surface area contributed by atoms with Crippen LogP contribution in [0.3, 0.4) is 0 Å². The number of aryl methyl sites for hydroxylation is 1. The highest BCUT2D eigenvalue weighted by atomic mass is 32.1. The van der Waals surface area contributed by atoms with E-state index in [0.717, 1.165) is 27.1 Å². The fourth-order valence-corrected chi connectivity index (χ4v) is 2.38. The van der Waals surface area contributed by atoms with Crippen LogP contribution in [0.15, 0.2) is 18.3 Å². The Kier molecular flexibility index (Phi) is 1.99. The Labute approximate surface area is 80.5 Å². The smallest absolute Gasteiger partial charge is 0.124 e. The lowest BCUT2D eigenvalue weighted by Crippen LogP contribution is -1.78. The van der Waals surface area contributed by atoms with E-state index in [-0.39, 0.29) is 0 Å². The van der Waals surface area contributed by atoms with Crippen LogP contribution in [0.5, 0.6) is 0 Å². The van der Waals surface area contributed by atoms with Crippen molar-refractivity contribution in [2.75, 3.05) is 0 Å². The van der Waals surface area contributed by atoms with Crippen molar-refractivity contribution in [2.45, 2.75) is 13.3 Å². The van der Waals surface area contributed by atoms with E-state index in [2.05, 4.69) is 18.0 Å². The van der Waals surface area contributed by atoms with Crippen molar-refractivity contribution in [1.29, 1.82) is 5.26 Å². The zero-order chi connectivity index (χ0) is 9.26. The Hall–Kier alpha value is -1.40. The van der Waals surface area contributed by atoms with Crippen LogP contribution in [0, 0.1) is 11.3 Å². The fourth-order valence-electron chi connectivity index (χ4n) is 1.35. The van der Waals surface area contributed by atoms with Crippen LogP contribution in [-0.2, 0) is 6.42 Å². The van der Waals surface area contributed by atoms with Gasteiger partial charge in [-0.15, -0.1) is 11.3 Å². The molecule has 2 rings (SSSR count). The first kappa shape index (κ1) is 8.21. The van der Waals surface area contributed by atoms with Crippen LogP contribution in [0.25, 0.3) is 10.2 Å². The molecule has 3 heteroatoms. The Morgan fingerprint density at radius 1 is 1.62 bits per heavy atom. The van der Waals surface area contributed by atoms with E-state index in [1.54, 1.807) is 17.5 Å². The Balaban J connectivity index is 2.83. The van der Waals surface area contributed by atoms with Crippen molar-refractivity contribution < 1.29 is 0 Å². The highest BCUT2D eigenvalue weighted by molar-refractivity contribution is 7.18. The summed E-state index contributed by atoms with van der Waals surface area (Å²) in [5, 5.41) is 9.96. The van der Waals surface area contributed by atoms with Crippen LogP contribution >= 0.6 is 11.3 Å². The molecular formula is C10H8N2S. The molecule has 0 radical (unpaired) electrons. The van der Waals surface area contributed by atoms with Gasteiger partial charge in [0, 0.05) is 16.5 Å². The molecule has 0 aliphatic carbocycles. The van der Waals surface area contributed by atoms with Crippen LogP contribution in [-0.4, -0.2) is 4.98 Å². The van der Waals surface area contributed by atoms with Gasteiger partial charge in [0.25, 0.3) is 0 Å². The SMILES string of the molecule is CCc1sc2ncccc2c1C#N. The maximum absolute atomic E-state index is 8.97. The largest absolute Gasteiger partial charge is 0.245 e. The van der Waals surface area contributed by atoms with Gasteiger partial charge in [-0.1, -0.05) is 6.92 Å². The minimum Gasteiger partial charge on any atom is -0.245 e. The molecule has 0 atom stereocenters. The lowest BCUT2D eigenvalue weighted by atomic mass is 10.2. The van der Waals surface area contributed by atoms with Gasteiger partial charge in [-0.3, -0.25) is 0 Å². The second-order valence-electron chi connectivity index (χ2n) is 2.72. The summed E-state index contributed by atoms with van der Waals surface area (Å²) in [6, 6.07) is 6.07. The number of nitriles is 1. The summed E-state index contributed by atoms with van der Waals surface area (Å²) >= 11 is 1.61. The third-order valence-corrected chi connectivity index (χ3v) is 3.23. The first-order valence-electron chi connectivity index (χ1n) is 4.13. The molecule has 2 nitrogen and oxygen atoms in total. The summed E-state index contributed by atoms with van der Waals surface area (Å²) in [6.07, 6.45) is 2.67. The minimum absolute atomic E-state index is 0.801. The number of nitrogens with zero attached hydrogens (tertiary/aromatic N) is 2. The molecule has 0 aliphatic rings. The first-order valence-corrected chi connectivity index (χ1v) is 4.95. The summed E-state index contributed by atoms with van der Waals surface area (Å²) in [4.78, 5) is 6.33. The summed E-state index contributed by atoms with van der Waals surface area (Å²) < 4.78 is 0. The Morgan fingerprint density at radius 2 is 2.46 bits per heavy atom. The minimum atomic E-state index is 0.801. The second kappa shape index (κ2) is 3.15. The van der Waals surface area contributed by atoms with E-state index < -0.39 is 0 Å². The molecule has 0 N–H and O–H groups in total. The summed E-state index contributed by atoms with van der Waals surface area (Å²) in [5.41, 5.74) is 0.801. The predicted octanol–water partition coefficient (Wildman–Crippen LogP) is 2.73. The maximum atomic E-state index is 8.97. The number of hydrogen-bond donors (Lipinski definition) is 0. The molecule has 64 valence electrons. The third-order valence-electron chi connectivity index (χ3n) is 1.97. The molecule has 2 aromatic rings. The van der Waals surface area contributed by atoms with Gasteiger partial charge in [0.05, 0.1) is 5.56 Å². The number of aromatic nitrogens is 1. The quantitative estimate of drug-likeness (QED) is 0.690. The molecule has 0 unspecified atom stereocenters. The standard InChI is InChI=1S/C10H8N2S/c1-2-9-8(6-11)7-4-3-5-12-10(7)13-9/h3-5H,2H2,1H3. The molecule has 2 aromatic heterocycles. The highest BCUT2D eigenvalue weighted by Gasteiger charge is 2.09. The monoisotopic (exact) mass is 188 g/mol. The van der Waals surface area contributed by atoms with Crippen LogP contribution in [0.4, 0.5) is 0 Å². The summed E-state index contributed by atoms with van der Waals surface area (Å²) in [5.74, 6) is 0. The van der Waals surface area contributed by atoms with E-state index >= 15 is 0 Å². The van der Waals surface area contributed by atoms with Crippen LogP contribution in [0.2, 0.25) is 0 Å². The Morgan fingerprint density at radius 3 is 3.15 bits per heavy atom. The van der Waals surface area contributed by atoms with Crippen molar-refractivity contribution in [1.82, 2.24) is 4.98 Å². The van der Waals surface area contributed by atoms with Gasteiger partial charge in [-0.25, -0.2) is 4.98 Å². The van der Waals surface area contributed by atoms with Crippen molar-refractivity contribution >= 4 is 21.6 Å². The van der Waals surface area contributed by atoms with E-state index in [1.807, 2.05) is 12.1 Å². The zero-order valence-electron chi connectivity index (χ0n) is 7.24. The van der Waals surface area contributed by atoms with Gasteiger partial charge < -0.3 is 0 Å². The second-order valence-corrected chi connectivity index (χ2v) is 3.81. The maximum Gasteiger partial charge on any atom is 0.124 e. The van der Waals surface area contributed by atoms with E-state index in [4.69, 9.17) is 5.26 Å². The number of fused-ring (bicyclic) bond motifs is 1. The van der Waals surface area contributed by atoms with Gasteiger partial charge in [0.2, 0.25) is 0 Å². The fraction of sp³-hybridized carbons (Fsp3) is 0.200. The van der Waals surface area contributed by atoms with Crippen LogP contribution in [0.1, 0.15) is 17.4 Å². The zero-order valence-corrected chi connectivity index (χ0v) is 8.06. The lowest BCUT2D eigenvalue weighted by molar-refractivity contribution is 1.18. The summed E-state index contributed by atoms with van der Waals surface area (Å²) in [6.45, 7) is 2.06. The molecule has 2 heterocycles. The molecule has 0 bridgehead atoms. The number of rotatable bonds is 1. The van der Waals surface area contributed by atoms with Gasteiger partial charge in [-0.2, -0.15) is 5.26 Å². The number of hydrogen-bond acceptors (Lipinski definition) is 3. The molecule has 0 fully saturated rings. The molecule has 13 heavy (non-hydrogen) atoms. The van der Waals surface area contributed by atoms with Crippen LogP contribution < -0.4 is 0 Å². The van der Waals surface area contributed by atoms with Gasteiger partial charge in [0.1, 0.15) is 10.9 Å². The molecule has 0 saturated heterocycles. The van der Waals surface area contributed by atoms with Crippen molar-refractivity contribution in [2.24, 2.45) is 0 Å². The molecule has 0 spiro atoms. The molecular weight excluding hydrogens is 180 g/mol. The molecule has 0 amide bonds. The third kappa shape index (κ3) is 1.20. The van der Waals surface area contributed by atoms with Crippen molar-refractivity contribution in [3.8, 4) is 6.07 Å². The van der Waals surface area contributed by atoms with Crippen molar-refractivity contribution in [3.63, 3.8) is 0 Å².